The summed E-state index contributed by atoms with van der Waals surface area (Å²) in [5, 5.41) is 9.37. The van der Waals surface area contributed by atoms with Crippen molar-refractivity contribution in [2.24, 2.45) is 5.73 Å². The summed E-state index contributed by atoms with van der Waals surface area (Å²) in [5.41, 5.74) is 7.01. The number of nitrogens with two attached hydrogens (primary N) is 1. The Hall–Kier alpha value is -0.580. The van der Waals surface area contributed by atoms with Gasteiger partial charge in [0.15, 0.2) is 0 Å². The van der Waals surface area contributed by atoms with E-state index < -0.39 is 0 Å². The molecule has 17 heavy (non-hydrogen) atoms. The highest BCUT2D eigenvalue weighted by Crippen LogP contribution is 2.35. The molecule has 3 atom stereocenters. The topological polar surface area (TPSA) is 46.2 Å². The fourth-order valence-corrected chi connectivity index (χ4v) is 2.96. The smallest absolute Gasteiger partial charge is 0.123 e. The van der Waals surface area contributed by atoms with E-state index in [0.29, 0.717) is 5.25 Å². The number of halogens is 1. The summed E-state index contributed by atoms with van der Waals surface area (Å²) < 4.78 is 12.9. The van der Waals surface area contributed by atoms with E-state index in [9.17, 15) is 4.39 Å². The van der Waals surface area contributed by atoms with E-state index >= 15 is 0 Å². The molecule has 0 spiro atoms. The van der Waals surface area contributed by atoms with Crippen LogP contribution in [0.1, 0.15) is 31.1 Å². The van der Waals surface area contributed by atoms with E-state index in [1.807, 2.05) is 6.92 Å². The quantitative estimate of drug-likeness (QED) is 0.823. The molecule has 1 aromatic carbocycles. The summed E-state index contributed by atoms with van der Waals surface area (Å²) in [7, 11) is 0. The fourth-order valence-electron chi connectivity index (χ4n) is 1.66. The van der Waals surface area contributed by atoms with Crippen molar-refractivity contribution in [3.63, 3.8) is 0 Å². The second kappa shape index (κ2) is 6.99. The van der Waals surface area contributed by atoms with Crippen LogP contribution in [0.15, 0.2) is 24.3 Å². The Balaban J connectivity index is 2.75. The zero-order valence-corrected chi connectivity index (χ0v) is 11.1. The van der Waals surface area contributed by atoms with Gasteiger partial charge in [0.2, 0.25) is 0 Å². The molecular weight excluding hydrogens is 237 g/mol. The Morgan fingerprint density at radius 2 is 1.88 bits per heavy atom. The van der Waals surface area contributed by atoms with Gasteiger partial charge in [-0.25, -0.2) is 4.39 Å². The predicted molar refractivity (Wildman–Crippen MR) is 71.5 cm³/mol. The Morgan fingerprint density at radius 1 is 1.29 bits per heavy atom. The van der Waals surface area contributed by atoms with Crippen LogP contribution in [0.5, 0.6) is 0 Å². The van der Waals surface area contributed by atoms with Crippen LogP contribution in [-0.2, 0) is 0 Å². The minimum Gasteiger partial charge on any atom is -0.396 e. The van der Waals surface area contributed by atoms with E-state index in [-0.39, 0.29) is 23.7 Å². The lowest BCUT2D eigenvalue weighted by Crippen LogP contribution is -2.24. The first kappa shape index (κ1) is 14.5. The largest absolute Gasteiger partial charge is 0.396 e. The maximum absolute atomic E-state index is 12.9. The average molecular weight is 257 g/mol. The average Bonchev–Trinajstić information content (AvgIpc) is 2.27. The van der Waals surface area contributed by atoms with Gasteiger partial charge in [-0.3, -0.25) is 0 Å². The third-order valence-corrected chi connectivity index (χ3v) is 4.29. The zero-order valence-electron chi connectivity index (χ0n) is 10.3. The van der Waals surface area contributed by atoms with Crippen LogP contribution in [-0.4, -0.2) is 23.0 Å². The van der Waals surface area contributed by atoms with Gasteiger partial charge in [0, 0.05) is 23.1 Å². The number of hydrogen-bond donors (Lipinski definition) is 2. The van der Waals surface area contributed by atoms with Gasteiger partial charge in [-0.15, -0.1) is 11.8 Å². The van der Waals surface area contributed by atoms with Gasteiger partial charge in [0.1, 0.15) is 5.82 Å². The molecule has 0 aliphatic heterocycles. The van der Waals surface area contributed by atoms with E-state index in [2.05, 4.69) is 6.92 Å². The van der Waals surface area contributed by atoms with E-state index in [1.165, 1.54) is 12.1 Å². The Bertz CT molecular complexity index is 329. The van der Waals surface area contributed by atoms with Crippen molar-refractivity contribution in [2.75, 3.05) is 6.61 Å². The van der Waals surface area contributed by atoms with E-state index in [0.717, 1.165) is 12.0 Å². The molecule has 0 heterocycles. The fraction of sp³-hybridized carbons (Fsp3) is 0.538. The van der Waals surface area contributed by atoms with E-state index in [1.54, 1.807) is 23.9 Å². The van der Waals surface area contributed by atoms with Crippen molar-refractivity contribution in [1.82, 2.24) is 0 Å². The van der Waals surface area contributed by atoms with Crippen molar-refractivity contribution >= 4 is 11.8 Å². The molecule has 0 aliphatic rings. The molecule has 1 rings (SSSR count). The summed E-state index contributed by atoms with van der Waals surface area (Å²) in [6, 6.07) is 6.47. The summed E-state index contributed by atoms with van der Waals surface area (Å²) in [6.07, 6.45) is 0.745. The maximum Gasteiger partial charge on any atom is 0.123 e. The number of hydrogen-bond acceptors (Lipinski definition) is 3. The molecule has 3 N–H and O–H groups in total. The third-order valence-electron chi connectivity index (χ3n) is 2.59. The highest BCUT2D eigenvalue weighted by atomic mass is 32.2. The zero-order chi connectivity index (χ0) is 12.8. The van der Waals surface area contributed by atoms with Crippen molar-refractivity contribution in [3.8, 4) is 0 Å². The molecule has 0 aromatic heterocycles. The summed E-state index contributed by atoms with van der Waals surface area (Å²) >= 11 is 1.73. The minimum atomic E-state index is -0.231. The number of rotatable bonds is 6. The highest BCUT2D eigenvalue weighted by molar-refractivity contribution is 8.00. The molecule has 3 unspecified atom stereocenters. The SMILES string of the molecule is CC(CCO)SC(c1ccc(F)cc1)C(C)N. The first-order chi connectivity index (χ1) is 8.04. The van der Waals surface area contributed by atoms with Gasteiger partial charge in [0.25, 0.3) is 0 Å². The highest BCUT2D eigenvalue weighted by Gasteiger charge is 2.19. The Labute approximate surface area is 106 Å². The van der Waals surface area contributed by atoms with Gasteiger partial charge in [0.05, 0.1) is 0 Å². The van der Waals surface area contributed by atoms with Crippen molar-refractivity contribution < 1.29 is 9.50 Å². The molecular formula is C13H20FNOS. The minimum absolute atomic E-state index is 0.00777. The van der Waals surface area contributed by atoms with Gasteiger partial charge < -0.3 is 10.8 Å². The van der Waals surface area contributed by atoms with Crippen LogP contribution in [0.3, 0.4) is 0 Å². The van der Waals surface area contributed by atoms with Gasteiger partial charge in [-0.1, -0.05) is 19.1 Å². The van der Waals surface area contributed by atoms with Crippen molar-refractivity contribution in [3.05, 3.63) is 35.6 Å². The molecule has 0 fully saturated rings. The Morgan fingerprint density at radius 3 is 2.35 bits per heavy atom. The standard InChI is InChI=1S/C13H20FNOS/c1-9(7-8-16)17-13(10(2)15)11-3-5-12(14)6-4-11/h3-6,9-10,13,16H,7-8,15H2,1-2H3. The van der Waals surface area contributed by atoms with Crippen LogP contribution < -0.4 is 5.73 Å². The first-order valence-electron chi connectivity index (χ1n) is 5.82. The lowest BCUT2D eigenvalue weighted by Gasteiger charge is -2.24. The van der Waals surface area contributed by atoms with Crippen molar-refractivity contribution in [1.29, 1.82) is 0 Å². The molecule has 0 radical (unpaired) electrons. The molecule has 2 nitrogen and oxygen atoms in total. The summed E-state index contributed by atoms with van der Waals surface area (Å²) in [6.45, 7) is 4.20. The van der Waals surface area contributed by atoms with Crippen LogP contribution in [0, 0.1) is 5.82 Å². The normalized spacial score (nSPS) is 16.5. The van der Waals surface area contributed by atoms with Crippen LogP contribution in [0.4, 0.5) is 4.39 Å². The second-order valence-electron chi connectivity index (χ2n) is 4.29. The van der Waals surface area contributed by atoms with Gasteiger partial charge in [-0.2, -0.15) is 0 Å². The molecule has 0 bridgehead atoms. The van der Waals surface area contributed by atoms with Gasteiger partial charge in [-0.05, 0) is 31.0 Å². The monoisotopic (exact) mass is 257 g/mol. The van der Waals surface area contributed by atoms with E-state index in [4.69, 9.17) is 10.8 Å². The maximum atomic E-state index is 12.9. The number of thioether (sulfide) groups is 1. The van der Waals surface area contributed by atoms with Crippen molar-refractivity contribution in [2.45, 2.75) is 36.8 Å². The van der Waals surface area contributed by atoms with Crippen LogP contribution in [0.2, 0.25) is 0 Å². The third kappa shape index (κ3) is 4.66. The molecule has 0 aliphatic carbocycles. The number of aliphatic hydroxyl groups is 1. The van der Waals surface area contributed by atoms with Gasteiger partial charge >= 0.3 is 0 Å². The van der Waals surface area contributed by atoms with Crippen LogP contribution >= 0.6 is 11.8 Å². The predicted octanol–water partition coefficient (Wildman–Crippen LogP) is 2.72. The lowest BCUT2D eigenvalue weighted by molar-refractivity contribution is 0.288. The molecule has 0 amide bonds. The first-order valence-corrected chi connectivity index (χ1v) is 6.76. The molecule has 0 saturated carbocycles. The summed E-state index contributed by atoms with van der Waals surface area (Å²) in [5.74, 6) is -0.231. The van der Waals surface area contributed by atoms with Crippen LogP contribution in [0.25, 0.3) is 0 Å². The second-order valence-corrected chi connectivity index (χ2v) is 5.88. The Kier molecular flexibility index (Phi) is 5.95. The molecule has 1 aromatic rings. The molecule has 96 valence electrons. The lowest BCUT2D eigenvalue weighted by atomic mass is 10.1. The number of aliphatic hydroxyl groups excluding tert-OH is 1. The summed E-state index contributed by atoms with van der Waals surface area (Å²) in [4.78, 5) is 0. The molecule has 0 saturated heterocycles. The molecule has 4 heteroatoms. The number of benzene rings is 1.